The van der Waals surface area contributed by atoms with Crippen molar-refractivity contribution in [3.8, 4) is 16.6 Å². The minimum atomic E-state index is -0.0943. The number of thiophene rings is 1. The van der Waals surface area contributed by atoms with Gasteiger partial charge < -0.3 is 10.1 Å². The van der Waals surface area contributed by atoms with E-state index < -0.39 is 0 Å². The molecule has 3 aromatic heterocycles. The number of rotatable bonds is 5. The van der Waals surface area contributed by atoms with Crippen LogP contribution in [0, 0.1) is 0 Å². The maximum Gasteiger partial charge on any atom is 0.316 e. The first-order chi connectivity index (χ1) is 13.6. The molecule has 3 heterocycles. The van der Waals surface area contributed by atoms with Crippen molar-refractivity contribution in [2.24, 2.45) is 7.05 Å². The topological polar surface area (TPSA) is 81.9 Å². The molecular formula is C19H20ClN5O2S. The molecule has 4 rings (SSSR count). The van der Waals surface area contributed by atoms with Crippen LogP contribution in [0.4, 0.5) is 0 Å². The molecule has 9 heteroatoms. The van der Waals surface area contributed by atoms with Gasteiger partial charge in [0.25, 0.3) is 5.91 Å². The number of ether oxygens (including phenoxy) is 1. The summed E-state index contributed by atoms with van der Waals surface area (Å²) in [5, 5.41) is 10.1. The fourth-order valence-corrected chi connectivity index (χ4v) is 4.10. The summed E-state index contributed by atoms with van der Waals surface area (Å²) in [5.41, 5.74) is 1.39. The summed E-state index contributed by atoms with van der Waals surface area (Å²) in [7, 11) is 1.79. The van der Waals surface area contributed by atoms with E-state index in [4.69, 9.17) is 16.3 Å². The SMILES string of the molecule is Cn1nc(-c2cccs2)cc1C(=O)NC1CCC(Oc2ncc(Cl)cn2)CC1. The standard InChI is InChI=1S/C19H20ClN5O2S/c1-25-16(9-15(24-25)17-3-2-8-28-17)18(26)23-13-4-6-14(7-5-13)27-19-21-10-12(20)11-22-19/h2-3,8-11,13-14H,4-7H2,1H3,(H,23,26). The number of aromatic nitrogens is 4. The van der Waals surface area contributed by atoms with Gasteiger partial charge in [-0.3, -0.25) is 9.48 Å². The number of amides is 1. The van der Waals surface area contributed by atoms with Crippen molar-refractivity contribution in [3.63, 3.8) is 0 Å². The van der Waals surface area contributed by atoms with Gasteiger partial charge in [0.1, 0.15) is 17.5 Å². The van der Waals surface area contributed by atoms with Crippen LogP contribution >= 0.6 is 22.9 Å². The van der Waals surface area contributed by atoms with Crippen LogP contribution in [-0.2, 0) is 7.05 Å². The molecule has 7 nitrogen and oxygen atoms in total. The van der Waals surface area contributed by atoms with E-state index in [1.807, 2.05) is 23.6 Å². The van der Waals surface area contributed by atoms with Crippen molar-refractivity contribution >= 4 is 28.8 Å². The van der Waals surface area contributed by atoms with Crippen molar-refractivity contribution < 1.29 is 9.53 Å². The smallest absolute Gasteiger partial charge is 0.316 e. The lowest BCUT2D eigenvalue weighted by Gasteiger charge is -2.28. The van der Waals surface area contributed by atoms with Crippen molar-refractivity contribution in [3.05, 3.63) is 46.7 Å². The summed E-state index contributed by atoms with van der Waals surface area (Å²) < 4.78 is 7.44. The molecule has 0 unspecified atom stereocenters. The monoisotopic (exact) mass is 417 g/mol. The largest absolute Gasteiger partial charge is 0.460 e. The minimum absolute atomic E-state index is 0.0523. The van der Waals surface area contributed by atoms with Gasteiger partial charge in [-0.25, -0.2) is 9.97 Å². The number of nitrogens with one attached hydrogen (secondary N) is 1. The Labute approximate surface area is 171 Å². The number of carbonyl (C=O) groups excluding carboxylic acids is 1. The Morgan fingerprint density at radius 3 is 2.71 bits per heavy atom. The second-order valence-electron chi connectivity index (χ2n) is 6.76. The van der Waals surface area contributed by atoms with E-state index in [1.165, 1.54) is 12.4 Å². The lowest BCUT2D eigenvalue weighted by molar-refractivity contribution is 0.0876. The van der Waals surface area contributed by atoms with E-state index >= 15 is 0 Å². The second kappa shape index (κ2) is 8.28. The maximum atomic E-state index is 12.7. The first kappa shape index (κ1) is 18.9. The van der Waals surface area contributed by atoms with Crippen LogP contribution in [0.25, 0.3) is 10.6 Å². The molecule has 1 aliphatic rings. The Kier molecular flexibility index (Phi) is 5.59. The summed E-state index contributed by atoms with van der Waals surface area (Å²) in [5.74, 6) is -0.0943. The molecule has 28 heavy (non-hydrogen) atoms. The molecule has 3 aromatic rings. The first-order valence-electron chi connectivity index (χ1n) is 9.11. The molecular weight excluding hydrogens is 398 g/mol. The average Bonchev–Trinajstić information content (AvgIpc) is 3.35. The summed E-state index contributed by atoms with van der Waals surface area (Å²) >= 11 is 7.40. The van der Waals surface area contributed by atoms with Gasteiger partial charge in [0.2, 0.25) is 0 Å². The molecule has 1 fully saturated rings. The van der Waals surface area contributed by atoms with Gasteiger partial charge in [-0.05, 0) is 43.2 Å². The molecule has 1 saturated carbocycles. The van der Waals surface area contributed by atoms with E-state index in [0.29, 0.717) is 16.7 Å². The molecule has 1 aliphatic carbocycles. The van der Waals surface area contributed by atoms with Gasteiger partial charge in [-0.1, -0.05) is 17.7 Å². The van der Waals surface area contributed by atoms with Crippen LogP contribution in [0.15, 0.2) is 36.0 Å². The third-order valence-electron chi connectivity index (χ3n) is 4.76. The highest BCUT2D eigenvalue weighted by atomic mass is 35.5. The highest BCUT2D eigenvalue weighted by molar-refractivity contribution is 7.13. The van der Waals surface area contributed by atoms with Crippen LogP contribution < -0.4 is 10.1 Å². The molecule has 0 spiro atoms. The normalized spacial score (nSPS) is 19.4. The molecule has 0 aliphatic heterocycles. The Morgan fingerprint density at radius 2 is 2.04 bits per heavy atom. The van der Waals surface area contributed by atoms with Crippen LogP contribution in [0.3, 0.4) is 0 Å². The number of carbonyl (C=O) groups is 1. The predicted molar refractivity (Wildman–Crippen MR) is 108 cm³/mol. The molecule has 0 bridgehead atoms. The fourth-order valence-electron chi connectivity index (χ4n) is 3.32. The molecule has 0 atom stereocenters. The second-order valence-corrected chi connectivity index (χ2v) is 8.15. The van der Waals surface area contributed by atoms with Gasteiger partial charge >= 0.3 is 6.01 Å². The van der Waals surface area contributed by atoms with Crippen LogP contribution in [0.1, 0.15) is 36.2 Å². The molecule has 146 valence electrons. The lowest BCUT2D eigenvalue weighted by atomic mass is 9.93. The zero-order chi connectivity index (χ0) is 19.5. The number of aryl methyl sites for hydroxylation is 1. The van der Waals surface area contributed by atoms with Crippen molar-refractivity contribution in [1.29, 1.82) is 0 Å². The molecule has 0 radical (unpaired) electrons. The van der Waals surface area contributed by atoms with Crippen molar-refractivity contribution in [1.82, 2.24) is 25.1 Å². The molecule has 1 N–H and O–H groups in total. The quantitative estimate of drug-likeness (QED) is 0.684. The lowest BCUT2D eigenvalue weighted by Crippen LogP contribution is -2.40. The van der Waals surface area contributed by atoms with Crippen LogP contribution in [0.5, 0.6) is 6.01 Å². The average molecular weight is 418 g/mol. The van der Waals surface area contributed by atoms with E-state index in [0.717, 1.165) is 36.3 Å². The Bertz CT molecular complexity index is 934. The van der Waals surface area contributed by atoms with Crippen LogP contribution in [-0.4, -0.2) is 37.8 Å². The zero-order valence-corrected chi connectivity index (χ0v) is 16.9. The molecule has 1 amide bonds. The van der Waals surface area contributed by atoms with Gasteiger partial charge in [0, 0.05) is 13.1 Å². The van der Waals surface area contributed by atoms with Crippen molar-refractivity contribution in [2.45, 2.75) is 37.8 Å². The molecule has 0 saturated heterocycles. The third kappa shape index (κ3) is 4.34. The highest BCUT2D eigenvalue weighted by Crippen LogP contribution is 2.25. The fraction of sp³-hybridized carbons (Fsp3) is 0.368. The first-order valence-corrected chi connectivity index (χ1v) is 10.4. The molecule has 0 aromatic carbocycles. The summed E-state index contributed by atoms with van der Waals surface area (Å²) in [6, 6.07) is 6.28. The number of hydrogen-bond donors (Lipinski definition) is 1. The predicted octanol–water partition coefficient (Wildman–Crippen LogP) is 3.71. The van der Waals surface area contributed by atoms with E-state index in [2.05, 4.69) is 20.4 Å². The van der Waals surface area contributed by atoms with Crippen LogP contribution in [0.2, 0.25) is 5.02 Å². The Hall–Kier alpha value is -2.45. The zero-order valence-electron chi connectivity index (χ0n) is 15.3. The van der Waals surface area contributed by atoms with Gasteiger partial charge in [0.15, 0.2) is 0 Å². The van der Waals surface area contributed by atoms with Crippen molar-refractivity contribution in [2.75, 3.05) is 0 Å². The number of halogens is 1. The number of hydrogen-bond acceptors (Lipinski definition) is 6. The minimum Gasteiger partial charge on any atom is -0.460 e. The Morgan fingerprint density at radius 1 is 1.29 bits per heavy atom. The van der Waals surface area contributed by atoms with Gasteiger partial charge in [-0.2, -0.15) is 5.10 Å². The van der Waals surface area contributed by atoms with Gasteiger partial charge in [0.05, 0.1) is 22.3 Å². The third-order valence-corrected chi connectivity index (χ3v) is 5.85. The van der Waals surface area contributed by atoms with Gasteiger partial charge in [-0.15, -0.1) is 11.3 Å². The number of nitrogens with zero attached hydrogens (tertiary/aromatic N) is 4. The van der Waals surface area contributed by atoms with E-state index in [-0.39, 0.29) is 18.1 Å². The van der Waals surface area contributed by atoms with E-state index in [1.54, 1.807) is 23.1 Å². The summed E-state index contributed by atoms with van der Waals surface area (Å²) in [6.07, 6.45) is 6.46. The van der Waals surface area contributed by atoms with E-state index in [9.17, 15) is 4.79 Å². The highest BCUT2D eigenvalue weighted by Gasteiger charge is 2.25. The maximum absolute atomic E-state index is 12.7. The summed E-state index contributed by atoms with van der Waals surface area (Å²) in [4.78, 5) is 21.9. The summed E-state index contributed by atoms with van der Waals surface area (Å²) in [6.45, 7) is 0. The Balaban J connectivity index is 1.31.